The number of hydrogen-bond donors (Lipinski definition) is 2. The summed E-state index contributed by atoms with van der Waals surface area (Å²) in [4.78, 5) is 13.7. The van der Waals surface area contributed by atoms with Crippen molar-refractivity contribution < 1.29 is 8.83 Å². The molecule has 5 heteroatoms. The molecule has 0 aliphatic rings. The Bertz CT molecular complexity index is 751. The first-order valence-electron chi connectivity index (χ1n) is 6.14. The number of hydrogen-bond acceptors (Lipinski definition) is 4. The van der Waals surface area contributed by atoms with E-state index in [4.69, 9.17) is 14.6 Å². The van der Waals surface area contributed by atoms with Gasteiger partial charge in [0.05, 0.1) is 5.52 Å². The molecule has 98 valence electrons. The molecule has 0 unspecified atom stereocenters. The molecule has 0 saturated carbocycles. The van der Waals surface area contributed by atoms with E-state index in [0.717, 1.165) is 23.5 Å². The first-order chi connectivity index (χ1) is 9.24. The largest absolute Gasteiger partial charge is 0.466 e. The Hall–Kier alpha value is -2.27. The van der Waals surface area contributed by atoms with Crippen molar-refractivity contribution in [2.24, 2.45) is 5.73 Å². The number of benzene rings is 1. The van der Waals surface area contributed by atoms with Gasteiger partial charge < -0.3 is 14.6 Å². The molecular weight excluding hydrogens is 244 g/mol. The molecule has 0 aliphatic heterocycles. The summed E-state index contributed by atoms with van der Waals surface area (Å²) in [5.41, 5.74) is 7.78. The Morgan fingerprint density at radius 2 is 1.95 bits per heavy atom. The monoisotopic (exact) mass is 258 g/mol. The molecule has 2 aromatic heterocycles. The van der Waals surface area contributed by atoms with Gasteiger partial charge in [0.25, 0.3) is 0 Å². The van der Waals surface area contributed by atoms with Crippen LogP contribution in [0.2, 0.25) is 0 Å². The fraction of sp³-hybridized carbons (Fsp3) is 0.214. The summed E-state index contributed by atoms with van der Waals surface area (Å²) in [6.07, 6.45) is 1.40. The fourth-order valence-electron chi connectivity index (χ4n) is 2.09. The second-order valence-corrected chi connectivity index (χ2v) is 4.43. The van der Waals surface area contributed by atoms with Crippen molar-refractivity contribution in [1.82, 2.24) is 4.98 Å². The molecule has 0 spiro atoms. The molecule has 3 aromatic rings. The summed E-state index contributed by atoms with van der Waals surface area (Å²) >= 11 is 0. The molecule has 0 fully saturated rings. The molecule has 1 aromatic carbocycles. The van der Waals surface area contributed by atoms with E-state index in [9.17, 15) is 4.79 Å². The van der Waals surface area contributed by atoms with E-state index < -0.39 is 5.76 Å². The maximum absolute atomic E-state index is 11.1. The average molecular weight is 258 g/mol. The van der Waals surface area contributed by atoms with Gasteiger partial charge in [0.2, 0.25) is 0 Å². The molecule has 0 amide bonds. The number of fused-ring (bicyclic) bond motifs is 1. The minimum Gasteiger partial charge on any atom is -0.466 e. The third-order valence-electron chi connectivity index (χ3n) is 2.97. The lowest BCUT2D eigenvalue weighted by Gasteiger charge is -1.98. The lowest BCUT2D eigenvalue weighted by Crippen LogP contribution is -2.01. The zero-order valence-corrected chi connectivity index (χ0v) is 10.3. The Morgan fingerprint density at radius 3 is 2.79 bits per heavy atom. The van der Waals surface area contributed by atoms with Crippen molar-refractivity contribution in [2.75, 3.05) is 6.54 Å². The topological polar surface area (TPSA) is 85.2 Å². The second kappa shape index (κ2) is 4.78. The highest BCUT2D eigenvalue weighted by atomic mass is 16.4. The SMILES string of the molecule is NCCc1ccc(Cc2ccc3[nH]c(=O)oc3c2)o1. The highest BCUT2D eigenvalue weighted by molar-refractivity contribution is 5.72. The third kappa shape index (κ3) is 2.46. The molecule has 3 rings (SSSR count). The van der Waals surface area contributed by atoms with E-state index in [1.807, 2.05) is 30.3 Å². The average Bonchev–Trinajstić information content (AvgIpc) is 2.95. The minimum atomic E-state index is -0.435. The number of furan rings is 1. The Morgan fingerprint density at radius 1 is 1.11 bits per heavy atom. The Kier molecular flexibility index (Phi) is 2.97. The van der Waals surface area contributed by atoms with Crippen LogP contribution < -0.4 is 11.5 Å². The van der Waals surface area contributed by atoms with Gasteiger partial charge in [-0.1, -0.05) is 6.07 Å². The van der Waals surface area contributed by atoms with Crippen LogP contribution >= 0.6 is 0 Å². The fourth-order valence-corrected chi connectivity index (χ4v) is 2.09. The van der Waals surface area contributed by atoms with E-state index in [1.165, 1.54) is 0 Å². The van der Waals surface area contributed by atoms with E-state index >= 15 is 0 Å². The van der Waals surface area contributed by atoms with Crippen molar-refractivity contribution >= 4 is 11.1 Å². The molecule has 0 aliphatic carbocycles. The van der Waals surface area contributed by atoms with Crippen molar-refractivity contribution in [2.45, 2.75) is 12.8 Å². The maximum atomic E-state index is 11.1. The molecule has 0 atom stereocenters. The first-order valence-corrected chi connectivity index (χ1v) is 6.14. The number of nitrogens with two attached hydrogens (primary N) is 1. The normalized spacial score (nSPS) is 11.2. The standard InChI is InChI=1S/C14H14N2O3/c15-6-5-10-2-3-11(18-10)7-9-1-4-12-13(8-9)19-14(17)16-12/h1-4,8H,5-7,15H2,(H,16,17). The predicted octanol–water partition coefficient (Wildman–Crippen LogP) is 1.81. The van der Waals surface area contributed by atoms with Crippen LogP contribution in [0, 0.1) is 0 Å². The highest BCUT2D eigenvalue weighted by Crippen LogP contribution is 2.17. The summed E-state index contributed by atoms with van der Waals surface area (Å²) in [6, 6.07) is 9.51. The first kappa shape index (κ1) is 11.8. The molecule has 19 heavy (non-hydrogen) atoms. The quantitative estimate of drug-likeness (QED) is 0.747. The van der Waals surface area contributed by atoms with Crippen LogP contribution in [-0.4, -0.2) is 11.5 Å². The minimum absolute atomic E-state index is 0.435. The summed E-state index contributed by atoms with van der Waals surface area (Å²) in [7, 11) is 0. The Labute approximate surface area is 109 Å². The van der Waals surface area contributed by atoms with Crippen molar-refractivity contribution in [3.63, 3.8) is 0 Å². The van der Waals surface area contributed by atoms with Gasteiger partial charge in [0.1, 0.15) is 11.5 Å². The van der Waals surface area contributed by atoms with Crippen LogP contribution in [-0.2, 0) is 12.8 Å². The number of aromatic amines is 1. The molecule has 0 saturated heterocycles. The van der Waals surface area contributed by atoms with Gasteiger partial charge in [-0.2, -0.15) is 0 Å². The van der Waals surface area contributed by atoms with Gasteiger partial charge in [-0.15, -0.1) is 0 Å². The second-order valence-electron chi connectivity index (χ2n) is 4.43. The molecule has 0 bridgehead atoms. The molecular formula is C14H14N2O3. The Balaban J connectivity index is 1.85. The molecule has 5 nitrogen and oxygen atoms in total. The maximum Gasteiger partial charge on any atom is 0.417 e. The zero-order valence-electron chi connectivity index (χ0n) is 10.3. The van der Waals surface area contributed by atoms with E-state index in [-0.39, 0.29) is 0 Å². The number of rotatable bonds is 4. The smallest absolute Gasteiger partial charge is 0.417 e. The number of aromatic nitrogens is 1. The van der Waals surface area contributed by atoms with Crippen molar-refractivity contribution in [1.29, 1.82) is 0 Å². The van der Waals surface area contributed by atoms with Crippen LogP contribution in [0.25, 0.3) is 11.1 Å². The van der Waals surface area contributed by atoms with Gasteiger partial charge in [0, 0.05) is 12.8 Å². The van der Waals surface area contributed by atoms with E-state index in [1.54, 1.807) is 0 Å². The number of H-pyrrole nitrogens is 1. The van der Waals surface area contributed by atoms with Crippen LogP contribution in [0.4, 0.5) is 0 Å². The number of oxazole rings is 1. The van der Waals surface area contributed by atoms with Crippen LogP contribution in [0.5, 0.6) is 0 Å². The van der Waals surface area contributed by atoms with Crippen molar-refractivity contribution in [3.05, 3.63) is 58.0 Å². The zero-order chi connectivity index (χ0) is 13.2. The van der Waals surface area contributed by atoms with Crippen LogP contribution in [0.3, 0.4) is 0 Å². The van der Waals surface area contributed by atoms with Gasteiger partial charge in [-0.3, -0.25) is 4.98 Å². The van der Waals surface area contributed by atoms with Crippen molar-refractivity contribution in [3.8, 4) is 0 Å². The summed E-state index contributed by atoms with van der Waals surface area (Å²) < 4.78 is 10.7. The van der Waals surface area contributed by atoms with E-state index in [2.05, 4.69) is 4.98 Å². The van der Waals surface area contributed by atoms with E-state index in [0.29, 0.717) is 24.1 Å². The van der Waals surface area contributed by atoms with Crippen LogP contribution in [0.15, 0.2) is 44.0 Å². The van der Waals surface area contributed by atoms with Gasteiger partial charge in [-0.25, -0.2) is 4.79 Å². The molecule has 2 heterocycles. The van der Waals surface area contributed by atoms with Gasteiger partial charge in [0.15, 0.2) is 5.58 Å². The summed E-state index contributed by atoms with van der Waals surface area (Å²) in [6.45, 7) is 0.577. The summed E-state index contributed by atoms with van der Waals surface area (Å²) in [5, 5.41) is 0. The van der Waals surface area contributed by atoms with Gasteiger partial charge in [-0.05, 0) is 36.4 Å². The lowest BCUT2D eigenvalue weighted by atomic mass is 10.1. The summed E-state index contributed by atoms with van der Waals surface area (Å²) in [5.74, 6) is 1.34. The highest BCUT2D eigenvalue weighted by Gasteiger charge is 2.06. The van der Waals surface area contributed by atoms with Crippen LogP contribution in [0.1, 0.15) is 17.1 Å². The number of nitrogens with one attached hydrogen (secondary N) is 1. The van der Waals surface area contributed by atoms with Gasteiger partial charge >= 0.3 is 5.76 Å². The molecule has 0 radical (unpaired) electrons. The predicted molar refractivity (Wildman–Crippen MR) is 71.1 cm³/mol. The lowest BCUT2D eigenvalue weighted by molar-refractivity contribution is 0.474. The molecule has 3 N–H and O–H groups in total. The third-order valence-corrected chi connectivity index (χ3v) is 2.97.